The molecule has 0 amide bonds. The molecule has 4 heteroatoms. The summed E-state index contributed by atoms with van der Waals surface area (Å²) < 4.78 is 11.4. The van der Waals surface area contributed by atoms with Crippen LogP contribution in [0.2, 0.25) is 5.02 Å². The lowest BCUT2D eigenvalue weighted by atomic mass is 10.00. The highest BCUT2D eigenvalue weighted by atomic mass is 35.5. The first-order valence-corrected chi connectivity index (χ1v) is 6.93. The minimum atomic E-state index is 0.0522. The molecular weight excluding hydrogens is 274 g/mol. The van der Waals surface area contributed by atoms with E-state index in [2.05, 4.69) is 6.07 Å². The lowest BCUT2D eigenvalue weighted by molar-refractivity contribution is 0.242. The maximum absolute atomic E-state index is 6.11. The fourth-order valence-electron chi connectivity index (χ4n) is 2.57. The van der Waals surface area contributed by atoms with Crippen molar-refractivity contribution in [2.75, 3.05) is 13.7 Å². The van der Waals surface area contributed by atoms with Crippen LogP contribution in [0.25, 0.3) is 11.1 Å². The number of methoxy groups -OCH3 is 1. The van der Waals surface area contributed by atoms with Gasteiger partial charge in [-0.2, -0.15) is 0 Å². The Balaban J connectivity index is 2.13. The van der Waals surface area contributed by atoms with Gasteiger partial charge in [-0.05, 0) is 23.8 Å². The molecule has 0 aliphatic carbocycles. The number of fused-ring (bicyclic) bond motifs is 1. The van der Waals surface area contributed by atoms with Gasteiger partial charge in [0.1, 0.15) is 17.6 Å². The third kappa shape index (κ3) is 2.23. The third-order valence-electron chi connectivity index (χ3n) is 3.54. The van der Waals surface area contributed by atoms with E-state index >= 15 is 0 Å². The van der Waals surface area contributed by atoms with Crippen molar-refractivity contribution in [2.24, 2.45) is 5.73 Å². The van der Waals surface area contributed by atoms with Crippen molar-refractivity contribution in [3.05, 3.63) is 47.0 Å². The molecule has 0 saturated heterocycles. The summed E-state index contributed by atoms with van der Waals surface area (Å²) in [4.78, 5) is 0. The number of para-hydroxylation sites is 1. The van der Waals surface area contributed by atoms with E-state index in [0.717, 1.165) is 29.0 Å². The van der Waals surface area contributed by atoms with Crippen LogP contribution in [0.3, 0.4) is 0 Å². The summed E-state index contributed by atoms with van der Waals surface area (Å²) in [6.07, 6.45) is 0.902. The number of hydrogen-bond donors (Lipinski definition) is 1. The molecule has 3 nitrogen and oxygen atoms in total. The molecular formula is C16H16ClNO2. The van der Waals surface area contributed by atoms with Crippen molar-refractivity contribution in [3.63, 3.8) is 0 Å². The predicted molar refractivity (Wildman–Crippen MR) is 80.6 cm³/mol. The Bertz CT molecular complexity index is 642. The predicted octanol–water partition coefficient (Wildman–Crippen LogP) is 3.28. The zero-order chi connectivity index (χ0) is 14.1. The molecule has 104 valence electrons. The molecule has 1 aliphatic heterocycles. The number of halogens is 1. The smallest absolute Gasteiger partial charge is 0.131 e. The molecule has 20 heavy (non-hydrogen) atoms. The second-order valence-corrected chi connectivity index (χ2v) is 5.25. The quantitative estimate of drug-likeness (QED) is 0.943. The fraction of sp³-hybridized carbons (Fsp3) is 0.250. The van der Waals surface area contributed by atoms with Crippen molar-refractivity contribution in [2.45, 2.75) is 12.5 Å². The first-order valence-electron chi connectivity index (χ1n) is 6.55. The number of ether oxygens (including phenoxy) is 2. The molecule has 1 heterocycles. The molecule has 0 unspecified atom stereocenters. The van der Waals surface area contributed by atoms with E-state index < -0.39 is 0 Å². The Kier molecular flexibility index (Phi) is 3.55. The van der Waals surface area contributed by atoms with Gasteiger partial charge in [0.05, 0.1) is 7.11 Å². The molecule has 2 aromatic carbocycles. The van der Waals surface area contributed by atoms with Crippen molar-refractivity contribution >= 4 is 11.6 Å². The second-order valence-electron chi connectivity index (χ2n) is 4.82. The van der Waals surface area contributed by atoms with E-state index in [4.69, 9.17) is 26.8 Å². The minimum absolute atomic E-state index is 0.0522. The summed E-state index contributed by atoms with van der Waals surface area (Å²) in [6.45, 7) is 0.515. The normalized spacial score (nSPS) is 16.6. The van der Waals surface area contributed by atoms with E-state index in [9.17, 15) is 0 Å². The van der Waals surface area contributed by atoms with E-state index in [0.29, 0.717) is 11.6 Å². The van der Waals surface area contributed by atoms with Gasteiger partial charge in [0.2, 0.25) is 0 Å². The summed E-state index contributed by atoms with van der Waals surface area (Å²) >= 11 is 6.11. The largest absolute Gasteiger partial charge is 0.496 e. The Hall–Kier alpha value is -1.71. The number of hydrogen-bond acceptors (Lipinski definition) is 3. The molecule has 0 radical (unpaired) electrons. The SMILES string of the molecule is COc1ccc(Cl)cc1-c1cccc2c1O[C@H](CN)C2. The summed E-state index contributed by atoms with van der Waals surface area (Å²) in [6, 6.07) is 11.7. The topological polar surface area (TPSA) is 44.5 Å². The third-order valence-corrected chi connectivity index (χ3v) is 3.78. The zero-order valence-corrected chi connectivity index (χ0v) is 12.0. The second kappa shape index (κ2) is 5.35. The van der Waals surface area contributed by atoms with Crippen molar-refractivity contribution in [3.8, 4) is 22.6 Å². The lowest BCUT2D eigenvalue weighted by Gasteiger charge is -2.13. The average molecular weight is 290 g/mol. The van der Waals surface area contributed by atoms with E-state index in [1.165, 1.54) is 5.56 Å². The Morgan fingerprint density at radius 3 is 2.90 bits per heavy atom. The first-order chi connectivity index (χ1) is 9.72. The Morgan fingerprint density at radius 2 is 2.15 bits per heavy atom. The van der Waals surface area contributed by atoms with Gasteiger partial charge in [0.25, 0.3) is 0 Å². The number of benzene rings is 2. The van der Waals surface area contributed by atoms with Crippen molar-refractivity contribution in [1.29, 1.82) is 0 Å². The zero-order valence-electron chi connectivity index (χ0n) is 11.2. The Labute approximate surface area is 123 Å². The van der Waals surface area contributed by atoms with Crippen LogP contribution in [0.5, 0.6) is 11.5 Å². The summed E-state index contributed by atoms with van der Waals surface area (Å²) in [5, 5.41) is 0.673. The standard InChI is InChI=1S/C16H16ClNO2/c1-19-15-6-5-11(17)8-14(15)13-4-2-3-10-7-12(9-18)20-16(10)13/h2-6,8,12H,7,9,18H2,1H3/t12-/m0/s1. The summed E-state index contributed by atoms with van der Waals surface area (Å²) in [7, 11) is 1.65. The maximum atomic E-state index is 6.11. The highest BCUT2D eigenvalue weighted by molar-refractivity contribution is 6.31. The van der Waals surface area contributed by atoms with Gasteiger partial charge in [-0.15, -0.1) is 0 Å². The Morgan fingerprint density at radius 1 is 1.30 bits per heavy atom. The van der Waals surface area contributed by atoms with E-state index in [1.807, 2.05) is 30.3 Å². The maximum Gasteiger partial charge on any atom is 0.131 e. The molecule has 0 aromatic heterocycles. The molecule has 0 bridgehead atoms. The van der Waals surface area contributed by atoms with Crippen LogP contribution in [0.15, 0.2) is 36.4 Å². The van der Waals surface area contributed by atoms with Gasteiger partial charge in [-0.3, -0.25) is 0 Å². The van der Waals surface area contributed by atoms with Gasteiger partial charge < -0.3 is 15.2 Å². The lowest BCUT2D eigenvalue weighted by Crippen LogP contribution is -2.24. The molecule has 1 aliphatic rings. The highest BCUT2D eigenvalue weighted by Crippen LogP contribution is 2.42. The van der Waals surface area contributed by atoms with Gasteiger partial charge in [-0.25, -0.2) is 0 Å². The first kappa shape index (κ1) is 13.3. The molecule has 0 saturated carbocycles. The van der Waals surface area contributed by atoms with Crippen molar-refractivity contribution < 1.29 is 9.47 Å². The number of nitrogens with two attached hydrogens (primary N) is 1. The van der Waals surface area contributed by atoms with Crippen LogP contribution in [0.4, 0.5) is 0 Å². The average Bonchev–Trinajstić information content (AvgIpc) is 2.90. The van der Waals surface area contributed by atoms with Crippen LogP contribution in [-0.2, 0) is 6.42 Å². The monoisotopic (exact) mass is 289 g/mol. The van der Waals surface area contributed by atoms with Crippen molar-refractivity contribution in [1.82, 2.24) is 0 Å². The molecule has 3 rings (SSSR count). The van der Waals surface area contributed by atoms with Gasteiger partial charge >= 0.3 is 0 Å². The van der Waals surface area contributed by atoms with Gasteiger partial charge in [0.15, 0.2) is 0 Å². The van der Waals surface area contributed by atoms with Crippen LogP contribution >= 0.6 is 11.6 Å². The van der Waals surface area contributed by atoms with Gasteiger partial charge in [-0.1, -0.05) is 29.8 Å². The molecule has 1 atom stereocenters. The highest BCUT2D eigenvalue weighted by Gasteiger charge is 2.25. The van der Waals surface area contributed by atoms with E-state index in [-0.39, 0.29) is 6.10 Å². The van der Waals surface area contributed by atoms with E-state index in [1.54, 1.807) is 7.11 Å². The van der Waals surface area contributed by atoms with Crippen LogP contribution < -0.4 is 15.2 Å². The van der Waals surface area contributed by atoms with Crippen LogP contribution in [0.1, 0.15) is 5.56 Å². The minimum Gasteiger partial charge on any atom is -0.496 e. The van der Waals surface area contributed by atoms with Crippen LogP contribution in [-0.4, -0.2) is 19.8 Å². The van der Waals surface area contributed by atoms with Gasteiger partial charge in [0, 0.05) is 29.1 Å². The fourth-order valence-corrected chi connectivity index (χ4v) is 2.74. The van der Waals surface area contributed by atoms with Crippen LogP contribution in [0, 0.1) is 0 Å². The molecule has 0 fully saturated rings. The number of rotatable bonds is 3. The summed E-state index contributed by atoms with van der Waals surface area (Å²) in [5.41, 5.74) is 8.83. The summed E-state index contributed by atoms with van der Waals surface area (Å²) in [5.74, 6) is 1.67. The molecule has 2 N–H and O–H groups in total. The molecule has 2 aromatic rings. The molecule has 0 spiro atoms.